The Morgan fingerprint density at radius 3 is 1.03 bits per heavy atom. The molecule has 0 N–H and O–H groups in total. The molecule has 0 aromatic heterocycles. The van der Waals surface area contributed by atoms with Crippen LogP contribution in [0.5, 0.6) is 0 Å². The van der Waals surface area contributed by atoms with E-state index in [1.165, 1.54) is 89.9 Å². The smallest absolute Gasteiger partial charge is 0.306 e. The van der Waals surface area contributed by atoms with Gasteiger partial charge >= 0.3 is 17.9 Å². The number of allylic oxidation sites excluding steroid dienone is 18. The standard InChI is InChI=1S/C57H92O6/c1-4-7-10-13-16-19-22-24-26-27-28-29-31-32-35-38-41-44-47-50-56(59)62-53-54(52-61-55(58)49-46-43-40-37-34-21-18-15-12-9-6-3)63-57(60)51-48-45-42-39-36-33-30-25-23-20-17-14-11-8-5-2/h7,10,13,16-17,19-20,22-29,31-32,35,54H,4-6,8-9,11-12,14-15,18,21,30,33-34,36-53H2,1-3H3/b10-7-,16-13-,20-17-,22-19-,25-23-,26-24-,28-27+,31-29-,35-32-. The van der Waals surface area contributed by atoms with Crippen LogP contribution in [0.2, 0.25) is 0 Å². The van der Waals surface area contributed by atoms with Crippen molar-refractivity contribution < 1.29 is 28.6 Å². The van der Waals surface area contributed by atoms with E-state index in [1.807, 2.05) is 72.9 Å². The molecule has 0 heterocycles. The van der Waals surface area contributed by atoms with E-state index in [4.69, 9.17) is 14.2 Å². The van der Waals surface area contributed by atoms with Gasteiger partial charge in [-0.2, -0.15) is 0 Å². The molecule has 0 bridgehead atoms. The molecule has 1 atom stereocenters. The van der Waals surface area contributed by atoms with Crippen LogP contribution in [0.25, 0.3) is 0 Å². The van der Waals surface area contributed by atoms with Crippen LogP contribution in [0.15, 0.2) is 109 Å². The second kappa shape index (κ2) is 50.7. The second-order valence-electron chi connectivity index (χ2n) is 16.6. The van der Waals surface area contributed by atoms with Crippen LogP contribution in [-0.4, -0.2) is 37.2 Å². The average molecular weight is 873 g/mol. The number of ether oxygens (including phenoxy) is 3. The summed E-state index contributed by atoms with van der Waals surface area (Å²) in [5, 5.41) is 0. The summed E-state index contributed by atoms with van der Waals surface area (Å²) in [6, 6.07) is 0. The topological polar surface area (TPSA) is 78.9 Å². The highest BCUT2D eigenvalue weighted by Gasteiger charge is 2.19. The number of carbonyl (C=O) groups is 3. The Balaban J connectivity index is 4.51. The second-order valence-corrected chi connectivity index (χ2v) is 16.6. The lowest BCUT2D eigenvalue weighted by molar-refractivity contribution is -0.167. The highest BCUT2D eigenvalue weighted by Crippen LogP contribution is 2.14. The Kier molecular flexibility index (Phi) is 47.5. The molecule has 0 fully saturated rings. The molecular formula is C57H92O6. The van der Waals surface area contributed by atoms with E-state index in [1.54, 1.807) is 0 Å². The predicted octanol–water partition coefficient (Wildman–Crippen LogP) is 16.8. The van der Waals surface area contributed by atoms with Crippen LogP contribution in [0, 0.1) is 0 Å². The lowest BCUT2D eigenvalue weighted by atomic mass is 10.1. The first-order valence-corrected chi connectivity index (χ1v) is 25.5. The maximum absolute atomic E-state index is 12.8. The van der Waals surface area contributed by atoms with Crippen molar-refractivity contribution in [2.75, 3.05) is 13.2 Å². The molecule has 0 aliphatic heterocycles. The molecule has 6 nitrogen and oxygen atoms in total. The quantitative estimate of drug-likeness (QED) is 0.0263. The van der Waals surface area contributed by atoms with Crippen molar-refractivity contribution in [3.63, 3.8) is 0 Å². The van der Waals surface area contributed by atoms with Gasteiger partial charge in [0.2, 0.25) is 0 Å². The molecule has 0 amide bonds. The van der Waals surface area contributed by atoms with Gasteiger partial charge in [-0.25, -0.2) is 0 Å². The molecule has 1 unspecified atom stereocenters. The van der Waals surface area contributed by atoms with Crippen molar-refractivity contribution >= 4 is 17.9 Å². The molecule has 0 aliphatic carbocycles. The van der Waals surface area contributed by atoms with E-state index in [0.717, 1.165) is 83.5 Å². The first-order valence-electron chi connectivity index (χ1n) is 25.5. The fourth-order valence-corrected chi connectivity index (χ4v) is 6.65. The summed E-state index contributed by atoms with van der Waals surface area (Å²) in [5.41, 5.74) is 0. The van der Waals surface area contributed by atoms with Crippen molar-refractivity contribution in [3.05, 3.63) is 109 Å². The minimum absolute atomic E-state index is 0.0984. The molecular weight excluding hydrogens is 781 g/mol. The van der Waals surface area contributed by atoms with Gasteiger partial charge in [-0.05, 0) is 64.2 Å². The molecule has 0 rings (SSSR count). The van der Waals surface area contributed by atoms with Crippen LogP contribution >= 0.6 is 0 Å². The lowest BCUT2D eigenvalue weighted by Crippen LogP contribution is -2.30. The summed E-state index contributed by atoms with van der Waals surface area (Å²) in [4.78, 5) is 37.9. The van der Waals surface area contributed by atoms with Gasteiger partial charge < -0.3 is 14.2 Å². The summed E-state index contributed by atoms with van der Waals surface area (Å²) >= 11 is 0. The molecule has 0 aromatic carbocycles. The zero-order chi connectivity index (χ0) is 45.8. The van der Waals surface area contributed by atoms with E-state index in [9.17, 15) is 14.4 Å². The molecule has 0 radical (unpaired) electrons. The molecule has 6 heteroatoms. The van der Waals surface area contributed by atoms with Crippen LogP contribution in [0.4, 0.5) is 0 Å². The Morgan fingerprint density at radius 1 is 0.333 bits per heavy atom. The van der Waals surface area contributed by atoms with E-state index in [0.29, 0.717) is 19.3 Å². The Hall–Kier alpha value is -3.93. The number of hydrogen-bond donors (Lipinski definition) is 0. The van der Waals surface area contributed by atoms with Gasteiger partial charge in [0.25, 0.3) is 0 Å². The fraction of sp³-hybridized carbons (Fsp3) is 0.632. The summed E-state index contributed by atoms with van der Waals surface area (Å²) in [6.07, 6.45) is 67.7. The maximum atomic E-state index is 12.8. The third-order valence-electron chi connectivity index (χ3n) is 10.5. The van der Waals surface area contributed by atoms with Crippen molar-refractivity contribution in [3.8, 4) is 0 Å². The first-order chi connectivity index (χ1) is 31.0. The zero-order valence-corrected chi connectivity index (χ0v) is 40.5. The molecule has 0 saturated carbocycles. The van der Waals surface area contributed by atoms with E-state index in [2.05, 4.69) is 57.2 Å². The van der Waals surface area contributed by atoms with Crippen molar-refractivity contribution in [1.82, 2.24) is 0 Å². The number of hydrogen-bond acceptors (Lipinski definition) is 6. The summed E-state index contributed by atoms with van der Waals surface area (Å²) < 4.78 is 16.7. The SMILES string of the molecule is CC\C=C/C=C\C=C/C=C\C=C\C=C/C=C\CCCCCC(=O)OCC(COC(=O)CCCCCCCCCCCCC)OC(=O)CCCCCCCC/C=C\C=C/CCCCC. The molecule has 356 valence electrons. The summed E-state index contributed by atoms with van der Waals surface area (Å²) in [7, 11) is 0. The van der Waals surface area contributed by atoms with Gasteiger partial charge in [-0.1, -0.05) is 239 Å². The molecule has 63 heavy (non-hydrogen) atoms. The number of carbonyl (C=O) groups excluding carboxylic acids is 3. The van der Waals surface area contributed by atoms with Gasteiger partial charge in [-0.15, -0.1) is 0 Å². The Labute approximate surface area is 387 Å². The number of esters is 3. The number of rotatable bonds is 44. The largest absolute Gasteiger partial charge is 0.462 e. The Morgan fingerprint density at radius 2 is 0.619 bits per heavy atom. The third kappa shape index (κ3) is 49.0. The van der Waals surface area contributed by atoms with E-state index in [-0.39, 0.29) is 31.1 Å². The lowest BCUT2D eigenvalue weighted by Gasteiger charge is -2.18. The van der Waals surface area contributed by atoms with Crippen LogP contribution < -0.4 is 0 Å². The van der Waals surface area contributed by atoms with Crippen LogP contribution in [0.1, 0.15) is 213 Å². The average Bonchev–Trinajstić information content (AvgIpc) is 3.28. The van der Waals surface area contributed by atoms with E-state index < -0.39 is 6.10 Å². The zero-order valence-electron chi connectivity index (χ0n) is 40.5. The maximum Gasteiger partial charge on any atom is 0.306 e. The van der Waals surface area contributed by atoms with Crippen LogP contribution in [0.3, 0.4) is 0 Å². The predicted molar refractivity (Wildman–Crippen MR) is 270 cm³/mol. The molecule has 0 aromatic rings. The number of unbranched alkanes of at least 4 members (excludes halogenated alkanes) is 22. The van der Waals surface area contributed by atoms with Gasteiger partial charge in [0.15, 0.2) is 6.10 Å². The van der Waals surface area contributed by atoms with Gasteiger partial charge in [-0.3, -0.25) is 14.4 Å². The van der Waals surface area contributed by atoms with E-state index >= 15 is 0 Å². The first kappa shape index (κ1) is 59.1. The van der Waals surface area contributed by atoms with Crippen molar-refractivity contribution in [2.45, 2.75) is 219 Å². The fourth-order valence-electron chi connectivity index (χ4n) is 6.65. The van der Waals surface area contributed by atoms with Gasteiger partial charge in [0.05, 0.1) is 0 Å². The van der Waals surface area contributed by atoms with Gasteiger partial charge in [0.1, 0.15) is 13.2 Å². The minimum Gasteiger partial charge on any atom is -0.462 e. The minimum atomic E-state index is -0.803. The van der Waals surface area contributed by atoms with Gasteiger partial charge in [0, 0.05) is 19.3 Å². The van der Waals surface area contributed by atoms with Crippen LogP contribution in [-0.2, 0) is 28.6 Å². The third-order valence-corrected chi connectivity index (χ3v) is 10.5. The highest BCUT2D eigenvalue weighted by molar-refractivity contribution is 5.71. The monoisotopic (exact) mass is 873 g/mol. The summed E-state index contributed by atoms with van der Waals surface area (Å²) in [6.45, 7) is 6.39. The highest BCUT2D eigenvalue weighted by atomic mass is 16.6. The summed E-state index contributed by atoms with van der Waals surface area (Å²) in [5.74, 6) is -0.963. The Bertz CT molecular complexity index is 1330. The molecule has 0 saturated heterocycles. The van der Waals surface area contributed by atoms with Crippen molar-refractivity contribution in [1.29, 1.82) is 0 Å². The van der Waals surface area contributed by atoms with Crippen molar-refractivity contribution in [2.24, 2.45) is 0 Å². The molecule has 0 aliphatic rings. The normalized spacial score (nSPS) is 13.0. The molecule has 0 spiro atoms.